The normalized spacial score (nSPS) is 12.8. The van der Waals surface area contributed by atoms with Crippen molar-refractivity contribution in [2.24, 2.45) is 0 Å². The predicted molar refractivity (Wildman–Crippen MR) is 72.8 cm³/mol. The summed E-state index contributed by atoms with van der Waals surface area (Å²) in [5.74, 6) is 1.18. The van der Waals surface area contributed by atoms with Gasteiger partial charge in [-0.3, -0.25) is 9.69 Å². The van der Waals surface area contributed by atoms with Gasteiger partial charge in [0.25, 0.3) is 5.91 Å². The third kappa shape index (κ3) is 1.79. The van der Waals surface area contributed by atoms with Crippen molar-refractivity contribution in [2.45, 2.75) is 6.92 Å². The molecule has 5 heteroatoms. The van der Waals surface area contributed by atoms with Crippen LogP contribution in [0.3, 0.4) is 0 Å². The van der Waals surface area contributed by atoms with Crippen molar-refractivity contribution in [1.29, 1.82) is 5.26 Å². The van der Waals surface area contributed by atoms with Crippen LogP contribution in [0, 0.1) is 11.3 Å². The second-order valence-electron chi connectivity index (χ2n) is 4.31. The molecule has 1 aliphatic heterocycles. The number of nitrogens with zero attached hydrogens (tertiary/aromatic N) is 3. The summed E-state index contributed by atoms with van der Waals surface area (Å²) in [5, 5.41) is 8.95. The first-order chi connectivity index (χ1) is 9.74. The summed E-state index contributed by atoms with van der Waals surface area (Å²) in [6.45, 7) is 2.35. The number of para-hydroxylation sites is 1. The van der Waals surface area contributed by atoms with Crippen LogP contribution in [-0.2, 0) is 0 Å². The second-order valence-corrected chi connectivity index (χ2v) is 4.31. The summed E-state index contributed by atoms with van der Waals surface area (Å²) < 4.78 is 5.77. The maximum absolute atomic E-state index is 12.5. The van der Waals surface area contributed by atoms with Crippen LogP contribution in [0.15, 0.2) is 36.5 Å². The molecule has 0 spiro atoms. The quantitative estimate of drug-likeness (QED) is 0.795. The third-order valence-corrected chi connectivity index (χ3v) is 3.12. The molecule has 0 saturated carbocycles. The Morgan fingerprint density at radius 3 is 2.90 bits per heavy atom. The van der Waals surface area contributed by atoms with E-state index in [-0.39, 0.29) is 5.91 Å². The Morgan fingerprint density at radius 2 is 2.15 bits per heavy atom. The highest BCUT2D eigenvalue weighted by molar-refractivity contribution is 6.09. The van der Waals surface area contributed by atoms with Crippen molar-refractivity contribution >= 4 is 11.7 Å². The van der Waals surface area contributed by atoms with E-state index in [1.54, 1.807) is 35.2 Å². The molecule has 0 N–H and O–H groups in total. The van der Waals surface area contributed by atoms with Gasteiger partial charge in [-0.15, -0.1) is 0 Å². The van der Waals surface area contributed by atoms with Gasteiger partial charge in [-0.25, -0.2) is 4.98 Å². The van der Waals surface area contributed by atoms with Crippen molar-refractivity contribution in [3.05, 3.63) is 47.7 Å². The first-order valence-corrected chi connectivity index (χ1v) is 6.23. The number of rotatable bonds is 1. The zero-order chi connectivity index (χ0) is 14.1. The van der Waals surface area contributed by atoms with Crippen molar-refractivity contribution in [3.63, 3.8) is 0 Å². The van der Waals surface area contributed by atoms with Crippen LogP contribution < -0.4 is 9.64 Å². The number of carbonyl (C=O) groups excluding carboxylic acids is 1. The van der Waals surface area contributed by atoms with E-state index >= 15 is 0 Å². The highest BCUT2D eigenvalue weighted by Gasteiger charge is 2.28. The zero-order valence-electron chi connectivity index (χ0n) is 10.8. The summed E-state index contributed by atoms with van der Waals surface area (Å²) in [6.07, 6.45) is 1.44. The van der Waals surface area contributed by atoms with Crippen LogP contribution in [-0.4, -0.2) is 17.4 Å². The lowest BCUT2D eigenvalue weighted by molar-refractivity contribution is 0.0988. The molecule has 0 bridgehead atoms. The Bertz CT molecular complexity index is 734. The van der Waals surface area contributed by atoms with E-state index < -0.39 is 0 Å². The largest absolute Gasteiger partial charge is 0.453 e. The van der Waals surface area contributed by atoms with E-state index in [0.29, 0.717) is 35.0 Å². The molecule has 0 radical (unpaired) electrons. The van der Waals surface area contributed by atoms with Gasteiger partial charge in [0.1, 0.15) is 11.8 Å². The Hall–Kier alpha value is -2.87. The maximum atomic E-state index is 12.5. The lowest BCUT2D eigenvalue weighted by atomic mass is 10.2. The SMILES string of the molecule is CCN1C(=O)c2ccccc2Oc2cc(C#N)cnc21. The van der Waals surface area contributed by atoms with Crippen LogP contribution in [0.4, 0.5) is 5.82 Å². The second kappa shape index (κ2) is 4.67. The number of pyridine rings is 1. The number of nitriles is 1. The summed E-state index contributed by atoms with van der Waals surface area (Å²) in [5.41, 5.74) is 0.887. The third-order valence-electron chi connectivity index (χ3n) is 3.12. The van der Waals surface area contributed by atoms with E-state index in [1.165, 1.54) is 6.20 Å². The molecule has 98 valence electrons. The van der Waals surface area contributed by atoms with Crippen molar-refractivity contribution in [1.82, 2.24) is 4.98 Å². The molecular weight excluding hydrogens is 254 g/mol. The topological polar surface area (TPSA) is 66.2 Å². The number of anilines is 1. The lowest BCUT2D eigenvalue weighted by Crippen LogP contribution is -2.30. The molecule has 1 aromatic carbocycles. The number of fused-ring (bicyclic) bond motifs is 2. The molecular formula is C15H11N3O2. The van der Waals surface area contributed by atoms with Crippen molar-refractivity contribution in [3.8, 4) is 17.6 Å². The summed E-state index contributed by atoms with van der Waals surface area (Å²) >= 11 is 0. The van der Waals surface area contributed by atoms with Gasteiger partial charge in [-0.05, 0) is 19.1 Å². The van der Waals surface area contributed by atoms with Gasteiger partial charge in [-0.1, -0.05) is 12.1 Å². The molecule has 0 fully saturated rings. The number of ether oxygens (including phenoxy) is 1. The number of hydrogen-bond acceptors (Lipinski definition) is 4. The maximum Gasteiger partial charge on any atom is 0.263 e. The van der Waals surface area contributed by atoms with E-state index in [0.717, 1.165) is 0 Å². The Kier molecular flexibility index (Phi) is 2.84. The van der Waals surface area contributed by atoms with Gasteiger partial charge in [-0.2, -0.15) is 5.26 Å². The molecule has 0 aliphatic carbocycles. The summed E-state index contributed by atoms with van der Waals surface area (Å²) in [6, 6.07) is 10.7. The standard InChI is InChI=1S/C15H11N3O2/c1-2-18-14-13(7-10(8-16)9-17-14)20-12-6-4-3-5-11(12)15(18)19/h3-7,9H,2H2,1H3. The van der Waals surface area contributed by atoms with Gasteiger partial charge >= 0.3 is 0 Å². The summed E-state index contributed by atoms with van der Waals surface area (Å²) in [7, 11) is 0. The highest BCUT2D eigenvalue weighted by Crippen LogP contribution is 2.37. The molecule has 20 heavy (non-hydrogen) atoms. The average Bonchev–Trinajstić information content (AvgIpc) is 2.60. The fourth-order valence-electron chi connectivity index (χ4n) is 2.16. The number of carbonyl (C=O) groups is 1. The van der Waals surface area contributed by atoms with Gasteiger partial charge in [0.15, 0.2) is 11.6 Å². The smallest absolute Gasteiger partial charge is 0.263 e. The number of aromatic nitrogens is 1. The van der Waals surface area contributed by atoms with Crippen LogP contribution in [0.2, 0.25) is 0 Å². The van der Waals surface area contributed by atoms with Gasteiger partial charge in [0.05, 0.1) is 11.1 Å². The van der Waals surface area contributed by atoms with Crippen LogP contribution in [0.5, 0.6) is 11.5 Å². The Labute approximate surface area is 116 Å². The average molecular weight is 265 g/mol. The fraction of sp³-hybridized carbons (Fsp3) is 0.133. The Morgan fingerprint density at radius 1 is 1.35 bits per heavy atom. The molecule has 3 rings (SSSR count). The van der Waals surface area contributed by atoms with Gasteiger partial charge in [0.2, 0.25) is 0 Å². The van der Waals surface area contributed by atoms with Gasteiger partial charge in [0, 0.05) is 18.8 Å². The molecule has 1 aliphatic rings. The molecule has 2 heterocycles. The number of amides is 1. The van der Waals surface area contributed by atoms with Crippen molar-refractivity contribution in [2.75, 3.05) is 11.4 Å². The Balaban J connectivity index is 2.23. The van der Waals surface area contributed by atoms with Gasteiger partial charge < -0.3 is 4.74 Å². The monoisotopic (exact) mass is 265 g/mol. The molecule has 0 atom stereocenters. The molecule has 0 unspecified atom stereocenters. The zero-order valence-corrected chi connectivity index (χ0v) is 10.8. The first-order valence-electron chi connectivity index (χ1n) is 6.23. The molecule has 2 aromatic rings. The minimum Gasteiger partial charge on any atom is -0.453 e. The minimum absolute atomic E-state index is 0.154. The number of hydrogen-bond donors (Lipinski definition) is 0. The summed E-state index contributed by atoms with van der Waals surface area (Å²) in [4.78, 5) is 18.3. The fourth-order valence-corrected chi connectivity index (χ4v) is 2.16. The minimum atomic E-state index is -0.154. The molecule has 1 amide bonds. The predicted octanol–water partition coefficient (Wildman–Crippen LogP) is 2.73. The molecule has 1 aromatic heterocycles. The van der Waals surface area contributed by atoms with Crippen LogP contribution >= 0.6 is 0 Å². The van der Waals surface area contributed by atoms with E-state index in [9.17, 15) is 4.79 Å². The van der Waals surface area contributed by atoms with E-state index in [1.807, 2.05) is 13.0 Å². The van der Waals surface area contributed by atoms with E-state index in [2.05, 4.69) is 4.98 Å². The van der Waals surface area contributed by atoms with Crippen molar-refractivity contribution < 1.29 is 9.53 Å². The highest BCUT2D eigenvalue weighted by atomic mass is 16.5. The molecule has 0 saturated heterocycles. The number of benzene rings is 1. The first kappa shape index (κ1) is 12.2. The van der Waals surface area contributed by atoms with E-state index in [4.69, 9.17) is 10.00 Å². The molecule has 5 nitrogen and oxygen atoms in total. The van der Waals surface area contributed by atoms with Crippen LogP contribution in [0.25, 0.3) is 0 Å². The lowest BCUT2D eigenvalue weighted by Gasteiger charge is -2.18. The van der Waals surface area contributed by atoms with Crippen LogP contribution in [0.1, 0.15) is 22.8 Å².